The number of aryl methyl sites for hydroxylation is 1. The van der Waals surface area contributed by atoms with Crippen molar-refractivity contribution in [3.05, 3.63) is 58.9 Å². The number of nitrogens with zero attached hydrogens (tertiary/aromatic N) is 3. The molecule has 0 spiro atoms. The third-order valence-corrected chi connectivity index (χ3v) is 6.57. The van der Waals surface area contributed by atoms with E-state index in [9.17, 15) is 4.79 Å². The van der Waals surface area contributed by atoms with Crippen molar-refractivity contribution in [3.63, 3.8) is 0 Å². The second-order valence-corrected chi connectivity index (χ2v) is 8.57. The molecule has 29 heavy (non-hydrogen) atoms. The lowest BCUT2D eigenvalue weighted by molar-refractivity contribution is 0.0919. The van der Waals surface area contributed by atoms with Crippen molar-refractivity contribution in [1.29, 1.82) is 0 Å². The zero-order valence-electron chi connectivity index (χ0n) is 16.6. The molecule has 2 unspecified atom stereocenters. The van der Waals surface area contributed by atoms with Gasteiger partial charge in [0.15, 0.2) is 5.78 Å². The smallest absolute Gasteiger partial charge is 0.169 e. The second kappa shape index (κ2) is 7.56. The summed E-state index contributed by atoms with van der Waals surface area (Å²) in [7, 11) is 0. The first-order valence-corrected chi connectivity index (χ1v) is 10.7. The molecule has 5 rings (SSSR count). The Bertz CT molecular complexity index is 1070. The lowest BCUT2D eigenvalue weighted by Gasteiger charge is -2.22. The average molecular weight is 409 g/mol. The fourth-order valence-electron chi connectivity index (χ4n) is 4.86. The summed E-state index contributed by atoms with van der Waals surface area (Å²) in [6, 6.07) is 14.2. The van der Waals surface area contributed by atoms with Crippen LogP contribution in [-0.2, 0) is 0 Å². The van der Waals surface area contributed by atoms with Crippen LogP contribution in [0.15, 0.2) is 42.5 Å². The van der Waals surface area contributed by atoms with E-state index in [-0.39, 0.29) is 11.7 Å². The van der Waals surface area contributed by atoms with Crippen LogP contribution in [-0.4, -0.2) is 52.5 Å². The number of hydrogen-bond acceptors (Lipinski definition) is 4. The van der Waals surface area contributed by atoms with Crippen molar-refractivity contribution in [3.8, 4) is 5.69 Å². The van der Waals surface area contributed by atoms with Gasteiger partial charge in [-0.05, 0) is 63.2 Å². The first-order valence-electron chi connectivity index (χ1n) is 10.3. The average Bonchev–Trinajstić information content (AvgIpc) is 3.46. The summed E-state index contributed by atoms with van der Waals surface area (Å²) < 4.78 is 2.08. The van der Waals surface area contributed by atoms with Crippen molar-refractivity contribution in [2.45, 2.75) is 25.8 Å². The second-order valence-electron chi connectivity index (χ2n) is 8.14. The normalized spacial score (nSPS) is 22.6. The Balaban J connectivity index is 1.49. The van der Waals surface area contributed by atoms with E-state index in [1.54, 1.807) is 0 Å². The number of rotatable bonds is 4. The molecule has 1 N–H and O–H groups in total. The molecule has 3 aromatic rings. The highest BCUT2D eigenvalue weighted by molar-refractivity contribution is 6.31. The van der Waals surface area contributed by atoms with Crippen LogP contribution < -0.4 is 5.32 Å². The monoisotopic (exact) mass is 408 g/mol. The maximum atomic E-state index is 13.5. The Morgan fingerprint density at radius 3 is 2.90 bits per heavy atom. The summed E-state index contributed by atoms with van der Waals surface area (Å²) in [5.41, 5.74) is 3.50. The molecule has 2 aliphatic heterocycles. The van der Waals surface area contributed by atoms with E-state index >= 15 is 0 Å². The first-order chi connectivity index (χ1) is 14.1. The quantitative estimate of drug-likeness (QED) is 0.666. The third kappa shape index (κ3) is 3.37. The Labute approximate surface area is 175 Å². The number of Topliss-reactive ketones (excluding diaryl/α,β-unsaturated/α-hetero) is 1. The van der Waals surface area contributed by atoms with Crippen LogP contribution >= 0.6 is 11.6 Å². The van der Waals surface area contributed by atoms with Crippen molar-refractivity contribution in [2.75, 3.05) is 26.2 Å². The summed E-state index contributed by atoms with van der Waals surface area (Å²) in [6.07, 6.45) is 2.11. The van der Waals surface area contributed by atoms with E-state index in [1.165, 1.54) is 6.42 Å². The van der Waals surface area contributed by atoms with E-state index in [2.05, 4.69) is 19.8 Å². The van der Waals surface area contributed by atoms with E-state index in [0.717, 1.165) is 60.7 Å². The topological polar surface area (TPSA) is 50.2 Å². The number of fused-ring (bicyclic) bond motifs is 1. The predicted molar refractivity (Wildman–Crippen MR) is 116 cm³/mol. The molecule has 5 nitrogen and oxygen atoms in total. The molecule has 2 aromatic carbocycles. The molecule has 0 saturated carbocycles. The molecule has 2 aliphatic rings. The molecule has 0 bridgehead atoms. The summed E-state index contributed by atoms with van der Waals surface area (Å²) in [4.78, 5) is 20.7. The van der Waals surface area contributed by atoms with Gasteiger partial charge in [-0.25, -0.2) is 4.98 Å². The Morgan fingerprint density at radius 2 is 2.07 bits per heavy atom. The minimum Gasteiger partial charge on any atom is -0.315 e. The van der Waals surface area contributed by atoms with Gasteiger partial charge in [0.25, 0.3) is 0 Å². The Hall–Kier alpha value is -2.21. The lowest BCUT2D eigenvalue weighted by Crippen LogP contribution is -2.35. The van der Waals surface area contributed by atoms with E-state index in [4.69, 9.17) is 11.6 Å². The molecule has 0 radical (unpaired) electrons. The molecule has 2 fully saturated rings. The highest BCUT2D eigenvalue weighted by Crippen LogP contribution is 2.30. The van der Waals surface area contributed by atoms with Crippen molar-refractivity contribution in [1.82, 2.24) is 19.8 Å². The number of ketones is 1. The number of benzene rings is 2. The largest absolute Gasteiger partial charge is 0.315 e. The SMILES string of the molecule is Cc1nc2cc(Cl)ccc2n1-c1ccccc1C(=O)C1CCN(C2CCNC2)C1. The number of carbonyl (C=O) groups is 1. The molecule has 2 atom stereocenters. The first kappa shape index (κ1) is 18.8. The molecule has 150 valence electrons. The van der Waals surface area contributed by atoms with Crippen LogP contribution in [0.1, 0.15) is 29.0 Å². The minimum absolute atomic E-state index is 0.0567. The van der Waals surface area contributed by atoms with Crippen LogP contribution in [0.3, 0.4) is 0 Å². The van der Waals surface area contributed by atoms with Crippen molar-refractivity contribution in [2.24, 2.45) is 5.92 Å². The predicted octanol–water partition coefficient (Wildman–Crippen LogP) is 3.85. The fourth-order valence-corrected chi connectivity index (χ4v) is 5.03. The molecule has 0 amide bonds. The molecular weight excluding hydrogens is 384 g/mol. The summed E-state index contributed by atoms with van der Waals surface area (Å²) in [5.74, 6) is 1.15. The fraction of sp³-hybridized carbons (Fsp3) is 0.391. The van der Waals surface area contributed by atoms with Gasteiger partial charge in [0.1, 0.15) is 5.82 Å². The summed E-state index contributed by atoms with van der Waals surface area (Å²) in [5, 5.41) is 4.10. The van der Waals surface area contributed by atoms with Gasteiger partial charge >= 0.3 is 0 Å². The highest BCUT2D eigenvalue weighted by Gasteiger charge is 2.34. The van der Waals surface area contributed by atoms with Crippen LogP contribution in [0.25, 0.3) is 16.7 Å². The van der Waals surface area contributed by atoms with Gasteiger partial charge in [0, 0.05) is 35.6 Å². The van der Waals surface area contributed by atoms with Crippen LogP contribution in [0.2, 0.25) is 5.02 Å². The van der Waals surface area contributed by atoms with Gasteiger partial charge in [-0.15, -0.1) is 0 Å². The van der Waals surface area contributed by atoms with E-state index in [1.807, 2.05) is 49.4 Å². The number of nitrogens with one attached hydrogen (secondary N) is 1. The summed E-state index contributed by atoms with van der Waals surface area (Å²) >= 11 is 6.15. The van der Waals surface area contributed by atoms with Crippen LogP contribution in [0.5, 0.6) is 0 Å². The van der Waals surface area contributed by atoms with Crippen LogP contribution in [0, 0.1) is 12.8 Å². The number of hydrogen-bond donors (Lipinski definition) is 1. The maximum Gasteiger partial charge on any atom is 0.169 e. The Kier molecular flexibility index (Phi) is 4.90. The summed E-state index contributed by atoms with van der Waals surface area (Å²) in [6.45, 7) is 5.97. The highest BCUT2D eigenvalue weighted by atomic mass is 35.5. The number of carbonyl (C=O) groups excluding carboxylic acids is 1. The van der Waals surface area contributed by atoms with E-state index in [0.29, 0.717) is 11.1 Å². The number of imidazole rings is 1. The van der Waals surface area contributed by atoms with Crippen molar-refractivity contribution < 1.29 is 4.79 Å². The van der Waals surface area contributed by atoms with E-state index < -0.39 is 0 Å². The van der Waals surface area contributed by atoms with Gasteiger partial charge < -0.3 is 5.32 Å². The van der Waals surface area contributed by atoms with Gasteiger partial charge in [0.2, 0.25) is 0 Å². The molecular formula is C23H25ClN4O. The van der Waals surface area contributed by atoms with Gasteiger partial charge in [0.05, 0.1) is 16.7 Å². The number of para-hydroxylation sites is 1. The van der Waals surface area contributed by atoms with Crippen molar-refractivity contribution >= 4 is 28.4 Å². The number of likely N-dealkylation sites (tertiary alicyclic amines) is 1. The zero-order chi connectivity index (χ0) is 20.0. The lowest BCUT2D eigenvalue weighted by atomic mass is 9.95. The zero-order valence-corrected chi connectivity index (χ0v) is 17.3. The van der Waals surface area contributed by atoms with Crippen LogP contribution in [0.4, 0.5) is 0 Å². The number of aromatic nitrogens is 2. The molecule has 6 heteroatoms. The van der Waals surface area contributed by atoms with Gasteiger partial charge in [-0.3, -0.25) is 14.3 Å². The standard InChI is InChI=1S/C23H25ClN4O/c1-15-26-20-12-17(24)6-7-22(20)28(15)21-5-3-2-4-19(21)23(29)16-9-11-27(14-16)18-8-10-25-13-18/h2-7,12,16,18,25H,8-11,13-14H2,1H3. The molecule has 2 saturated heterocycles. The maximum absolute atomic E-state index is 13.5. The molecule has 1 aromatic heterocycles. The van der Waals surface area contributed by atoms with Gasteiger partial charge in [-0.1, -0.05) is 23.7 Å². The van der Waals surface area contributed by atoms with Gasteiger partial charge in [-0.2, -0.15) is 0 Å². The Morgan fingerprint density at radius 1 is 1.21 bits per heavy atom. The molecule has 3 heterocycles. The molecule has 0 aliphatic carbocycles. The minimum atomic E-state index is 0.0567. The number of halogens is 1. The third-order valence-electron chi connectivity index (χ3n) is 6.34.